The molecule has 140 valence electrons. The van der Waals surface area contributed by atoms with Crippen molar-refractivity contribution in [1.29, 1.82) is 0 Å². The molecule has 2 aromatic rings. The number of hydrogen-bond acceptors (Lipinski definition) is 5. The number of rotatable bonds is 6. The first-order valence-electron chi connectivity index (χ1n) is 8.62. The SMILES string of the molecule is COc1ccc([C@@H](NC(=O)[C@]2(C)CCCO2)c2nccn2C)cc1OC. The normalized spacial score (nSPS) is 20.6. The summed E-state index contributed by atoms with van der Waals surface area (Å²) in [7, 11) is 5.08. The summed E-state index contributed by atoms with van der Waals surface area (Å²) in [5.41, 5.74) is 0.0480. The Balaban J connectivity index is 1.97. The Kier molecular flexibility index (Phi) is 5.18. The average molecular weight is 359 g/mol. The third-order valence-corrected chi connectivity index (χ3v) is 4.83. The Morgan fingerprint density at radius 1 is 1.35 bits per heavy atom. The molecule has 7 heteroatoms. The highest BCUT2D eigenvalue weighted by Gasteiger charge is 2.39. The lowest BCUT2D eigenvalue weighted by Gasteiger charge is -2.27. The molecule has 3 rings (SSSR count). The summed E-state index contributed by atoms with van der Waals surface area (Å²) >= 11 is 0. The average Bonchev–Trinajstić information content (AvgIpc) is 3.28. The molecule has 1 saturated heterocycles. The number of amides is 1. The molecule has 1 aliphatic heterocycles. The lowest BCUT2D eigenvalue weighted by atomic mass is 9.99. The second-order valence-electron chi connectivity index (χ2n) is 6.60. The van der Waals surface area contributed by atoms with Crippen molar-refractivity contribution in [2.45, 2.75) is 31.4 Å². The highest BCUT2D eigenvalue weighted by Crippen LogP contribution is 2.33. The fourth-order valence-electron chi connectivity index (χ4n) is 3.23. The van der Waals surface area contributed by atoms with Crippen molar-refractivity contribution in [1.82, 2.24) is 14.9 Å². The van der Waals surface area contributed by atoms with Gasteiger partial charge in [0.1, 0.15) is 17.5 Å². The molecule has 2 heterocycles. The number of imidazole rings is 1. The van der Waals surface area contributed by atoms with Gasteiger partial charge < -0.3 is 24.1 Å². The molecule has 1 N–H and O–H groups in total. The van der Waals surface area contributed by atoms with Gasteiger partial charge in [0.2, 0.25) is 0 Å². The van der Waals surface area contributed by atoms with Crippen LogP contribution in [0.25, 0.3) is 0 Å². The van der Waals surface area contributed by atoms with Crippen molar-refractivity contribution in [3.8, 4) is 11.5 Å². The zero-order valence-electron chi connectivity index (χ0n) is 15.6. The molecule has 0 unspecified atom stereocenters. The zero-order chi connectivity index (χ0) is 18.7. The monoisotopic (exact) mass is 359 g/mol. The van der Waals surface area contributed by atoms with Gasteiger partial charge in [-0.3, -0.25) is 4.79 Å². The van der Waals surface area contributed by atoms with Gasteiger partial charge in [-0.15, -0.1) is 0 Å². The highest BCUT2D eigenvalue weighted by atomic mass is 16.5. The van der Waals surface area contributed by atoms with E-state index in [9.17, 15) is 4.79 Å². The van der Waals surface area contributed by atoms with Gasteiger partial charge in [0.15, 0.2) is 11.5 Å². The second kappa shape index (κ2) is 7.37. The summed E-state index contributed by atoms with van der Waals surface area (Å²) < 4.78 is 18.3. The van der Waals surface area contributed by atoms with Crippen LogP contribution in [0.4, 0.5) is 0 Å². The molecule has 0 bridgehead atoms. The van der Waals surface area contributed by atoms with Crippen molar-refractivity contribution in [3.63, 3.8) is 0 Å². The van der Waals surface area contributed by atoms with E-state index in [1.807, 2.05) is 42.9 Å². The van der Waals surface area contributed by atoms with Crippen molar-refractivity contribution in [2.75, 3.05) is 20.8 Å². The number of nitrogens with zero attached hydrogens (tertiary/aromatic N) is 2. The number of carbonyl (C=O) groups is 1. The Hall–Kier alpha value is -2.54. The summed E-state index contributed by atoms with van der Waals surface area (Å²) in [5.74, 6) is 1.82. The standard InChI is InChI=1S/C19H25N3O4/c1-19(8-5-11-26-19)18(23)21-16(17-20-9-10-22(17)2)13-6-7-14(24-3)15(12-13)25-4/h6-7,9-10,12,16H,5,8,11H2,1-4H3,(H,21,23)/t16-,19+/m1/s1. The Morgan fingerprint density at radius 3 is 2.69 bits per heavy atom. The van der Waals surface area contributed by atoms with Crippen LogP contribution in [0.5, 0.6) is 11.5 Å². The smallest absolute Gasteiger partial charge is 0.252 e. The summed E-state index contributed by atoms with van der Waals surface area (Å²) in [4.78, 5) is 17.3. The Labute approximate surface area is 153 Å². The van der Waals surface area contributed by atoms with Crippen LogP contribution < -0.4 is 14.8 Å². The topological polar surface area (TPSA) is 74.6 Å². The van der Waals surface area contributed by atoms with Crippen molar-refractivity contribution in [2.24, 2.45) is 7.05 Å². The quantitative estimate of drug-likeness (QED) is 0.856. The van der Waals surface area contributed by atoms with E-state index in [2.05, 4.69) is 10.3 Å². The molecule has 26 heavy (non-hydrogen) atoms. The Morgan fingerprint density at radius 2 is 2.12 bits per heavy atom. The number of ether oxygens (including phenoxy) is 3. The molecular weight excluding hydrogens is 334 g/mol. The molecule has 1 aliphatic rings. The first kappa shape index (κ1) is 18.3. The van der Waals surface area contributed by atoms with Crippen LogP contribution in [0.1, 0.15) is 37.2 Å². The largest absolute Gasteiger partial charge is 0.493 e. The van der Waals surface area contributed by atoms with Crippen molar-refractivity contribution in [3.05, 3.63) is 42.0 Å². The number of benzene rings is 1. The van der Waals surface area contributed by atoms with Crippen LogP contribution in [0.2, 0.25) is 0 Å². The van der Waals surface area contributed by atoms with Crippen LogP contribution in [-0.2, 0) is 16.6 Å². The molecule has 0 saturated carbocycles. The van der Waals surface area contributed by atoms with E-state index in [0.29, 0.717) is 24.5 Å². The van der Waals surface area contributed by atoms with Gasteiger partial charge in [-0.25, -0.2) is 4.98 Å². The minimum absolute atomic E-state index is 0.141. The molecule has 1 amide bonds. The predicted molar refractivity (Wildman–Crippen MR) is 96.3 cm³/mol. The van der Waals surface area contributed by atoms with Gasteiger partial charge >= 0.3 is 0 Å². The molecule has 1 aromatic carbocycles. The number of aromatic nitrogens is 2. The van der Waals surface area contributed by atoms with Crippen LogP contribution >= 0.6 is 0 Å². The molecule has 2 atom stereocenters. The molecular formula is C19H25N3O4. The predicted octanol–water partition coefficient (Wildman–Crippen LogP) is 2.21. The lowest BCUT2D eigenvalue weighted by Crippen LogP contribution is -2.46. The van der Waals surface area contributed by atoms with E-state index in [1.165, 1.54) is 0 Å². The van der Waals surface area contributed by atoms with Gasteiger partial charge in [0, 0.05) is 26.0 Å². The Bertz CT molecular complexity index is 781. The lowest BCUT2D eigenvalue weighted by molar-refractivity contribution is -0.140. The van der Waals surface area contributed by atoms with Crippen molar-refractivity contribution >= 4 is 5.91 Å². The van der Waals surface area contributed by atoms with E-state index < -0.39 is 11.6 Å². The van der Waals surface area contributed by atoms with Crippen LogP contribution in [0.15, 0.2) is 30.6 Å². The zero-order valence-corrected chi connectivity index (χ0v) is 15.6. The van der Waals surface area contributed by atoms with E-state index in [0.717, 1.165) is 17.8 Å². The van der Waals surface area contributed by atoms with Gasteiger partial charge in [-0.2, -0.15) is 0 Å². The number of hydrogen-bond donors (Lipinski definition) is 1. The second-order valence-corrected chi connectivity index (χ2v) is 6.60. The summed E-state index contributed by atoms with van der Waals surface area (Å²) in [6.45, 7) is 2.44. The van der Waals surface area contributed by atoms with E-state index in [-0.39, 0.29) is 5.91 Å². The maximum Gasteiger partial charge on any atom is 0.252 e. The molecule has 0 spiro atoms. The third kappa shape index (κ3) is 3.39. The number of carbonyl (C=O) groups excluding carboxylic acids is 1. The molecule has 1 fully saturated rings. The van der Waals surface area contributed by atoms with Crippen molar-refractivity contribution < 1.29 is 19.0 Å². The summed E-state index contributed by atoms with van der Waals surface area (Å²) in [6.07, 6.45) is 5.15. The minimum atomic E-state index is -0.806. The summed E-state index contributed by atoms with van der Waals surface area (Å²) in [6, 6.07) is 5.16. The maximum atomic E-state index is 12.9. The highest BCUT2D eigenvalue weighted by molar-refractivity contribution is 5.85. The fraction of sp³-hybridized carbons (Fsp3) is 0.474. The summed E-state index contributed by atoms with van der Waals surface area (Å²) in [5, 5.41) is 3.10. The molecule has 1 aromatic heterocycles. The van der Waals surface area contributed by atoms with Crippen LogP contribution in [0, 0.1) is 0 Å². The first-order valence-corrected chi connectivity index (χ1v) is 8.62. The fourth-order valence-corrected chi connectivity index (χ4v) is 3.23. The van der Waals surface area contributed by atoms with Gasteiger partial charge in [-0.1, -0.05) is 6.07 Å². The maximum absolute atomic E-state index is 12.9. The molecule has 0 radical (unpaired) electrons. The molecule has 7 nitrogen and oxygen atoms in total. The number of nitrogens with one attached hydrogen (secondary N) is 1. The van der Waals surface area contributed by atoms with E-state index in [4.69, 9.17) is 14.2 Å². The van der Waals surface area contributed by atoms with E-state index in [1.54, 1.807) is 20.4 Å². The van der Waals surface area contributed by atoms with Gasteiger partial charge in [-0.05, 0) is 37.5 Å². The van der Waals surface area contributed by atoms with Crippen LogP contribution in [-0.4, -0.2) is 41.9 Å². The third-order valence-electron chi connectivity index (χ3n) is 4.83. The molecule has 0 aliphatic carbocycles. The first-order chi connectivity index (χ1) is 12.5. The van der Waals surface area contributed by atoms with Gasteiger partial charge in [0.05, 0.1) is 14.2 Å². The number of methoxy groups -OCH3 is 2. The van der Waals surface area contributed by atoms with Crippen LogP contribution in [0.3, 0.4) is 0 Å². The number of aryl methyl sites for hydroxylation is 1. The van der Waals surface area contributed by atoms with Gasteiger partial charge in [0.25, 0.3) is 5.91 Å². The minimum Gasteiger partial charge on any atom is -0.493 e. The van der Waals surface area contributed by atoms with E-state index >= 15 is 0 Å².